The number of anilines is 4. The van der Waals surface area contributed by atoms with Crippen molar-refractivity contribution >= 4 is 44.3 Å². The van der Waals surface area contributed by atoms with Crippen molar-refractivity contribution in [2.24, 2.45) is 0 Å². The molecule has 0 spiro atoms. The van der Waals surface area contributed by atoms with E-state index in [0.717, 1.165) is 47.3 Å². The fraction of sp³-hybridized carbons (Fsp3) is 0.250. The van der Waals surface area contributed by atoms with Gasteiger partial charge in [0.2, 0.25) is 0 Å². The molecule has 0 amide bonds. The molecule has 0 bridgehead atoms. The van der Waals surface area contributed by atoms with Crippen molar-refractivity contribution in [1.29, 1.82) is 0 Å². The third-order valence-corrected chi connectivity index (χ3v) is 5.41. The molecule has 2 aromatic rings. The lowest BCUT2D eigenvalue weighted by Gasteiger charge is -2.09. The third-order valence-electron chi connectivity index (χ3n) is 3.01. The molecule has 0 aliphatic carbocycles. The number of nitrogens with one attached hydrogen (secondary N) is 2. The third kappa shape index (κ3) is 5.61. The molecule has 4 nitrogen and oxygen atoms in total. The highest BCUT2D eigenvalue weighted by Gasteiger charge is 1.98. The van der Waals surface area contributed by atoms with Crippen molar-refractivity contribution in [2.75, 3.05) is 46.7 Å². The number of hydrogen-bond acceptors (Lipinski definition) is 6. The zero-order valence-electron chi connectivity index (χ0n) is 12.4. The molecular formula is C16H22N4S2. The van der Waals surface area contributed by atoms with Crippen LogP contribution in [0.2, 0.25) is 0 Å². The number of hydrogen-bond donors (Lipinski definition) is 4. The fourth-order valence-electron chi connectivity index (χ4n) is 1.89. The first-order chi connectivity index (χ1) is 10.8. The first kappa shape index (κ1) is 16.7. The molecule has 22 heavy (non-hydrogen) atoms. The second-order valence-electron chi connectivity index (χ2n) is 4.67. The van der Waals surface area contributed by atoms with Crippen LogP contribution in [-0.4, -0.2) is 24.6 Å². The Morgan fingerprint density at radius 2 is 1.09 bits per heavy atom. The van der Waals surface area contributed by atoms with Crippen molar-refractivity contribution in [3.8, 4) is 0 Å². The predicted molar refractivity (Wildman–Crippen MR) is 104 cm³/mol. The van der Waals surface area contributed by atoms with Gasteiger partial charge < -0.3 is 22.1 Å². The van der Waals surface area contributed by atoms with Crippen LogP contribution in [-0.2, 0) is 0 Å². The predicted octanol–water partition coefficient (Wildman–Crippen LogP) is 3.76. The molecule has 0 aromatic heterocycles. The van der Waals surface area contributed by atoms with Crippen LogP contribution in [0.5, 0.6) is 0 Å². The maximum Gasteiger partial charge on any atom is 0.0574 e. The van der Waals surface area contributed by atoms with Crippen LogP contribution in [0, 0.1) is 0 Å². The van der Waals surface area contributed by atoms with Crippen LogP contribution in [0.1, 0.15) is 0 Å². The molecule has 0 aliphatic rings. The van der Waals surface area contributed by atoms with Gasteiger partial charge in [0, 0.05) is 24.6 Å². The van der Waals surface area contributed by atoms with Gasteiger partial charge in [-0.05, 0) is 24.3 Å². The van der Waals surface area contributed by atoms with E-state index >= 15 is 0 Å². The van der Waals surface area contributed by atoms with Crippen molar-refractivity contribution in [3.63, 3.8) is 0 Å². The molecule has 0 aliphatic heterocycles. The molecule has 0 unspecified atom stereocenters. The van der Waals surface area contributed by atoms with E-state index in [0.29, 0.717) is 0 Å². The summed E-state index contributed by atoms with van der Waals surface area (Å²) in [4.78, 5) is 0. The Bertz CT molecular complexity index is 526. The molecule has 2 aromatic carbocycles. The maximum atomic E-state index is 5.88. The van der Waals surface area contributed by atoms with Gasteiger partial charge in [0.25, 0.3) is 0 Å². The largest absolute Gasteiger partial charge is 0.397 e. The summed E-state index contributed by atoms with van der Waals surface area (Å²) in [6, 6.07) is 15.7. The fourth-order valence-corrected chi connectivity index (χ4v) is 3.70. The lowest BCUT2D eigenvalue weighted by atomic mass is 10.3. The summed E-state index contributed by atoms with van der Waals surface area (Å²) in [5.74, 6) is 2.07. The molecule has 2 rings (SSSR count). The molecule has 0 radical (unpaired) electrons. The molecule has 0 heterocycles. The average Bonchev–Trinajstić information content (AvgIpc) is 2.53. The van der Waals surface area contributed by atoms with E-state index in [1.807, 2.05) is 70.1 Å². The van der Waals surface area contributed by atoms with E-state index in [-0.39, 0.29) is 0 Å². The first-order valence-electron chi connectivity index (χ1n) is 7.18. The molecular weight excluding hydrogens is 312 g/mol. The van der Waals surface area contributed by atoms with Gasteiger partial charge in [-0.2, -0.15) is 0 Å². The van der Waals surface area contributed by atoms with Gasteiger partial charge in [-0.15, -0.1) is 0 Å². The van der Waals surface area contributed by atoms with Gasteiger partial charge in [0.05, 0.1) is 22.7 Å². The van der Waals surface area contributed by atoms with E-state index in [2.05, 4.69) is 10.6 Å². The average molecular weight is 335 g/mol. The van der Waals surface area contributed by atoms with E-state index in [4.69, 9.17) is 11.5 Å². The number of para-hydroxylation sites is 4. The van der Waals surface area contributed by atoms with Crippen LogP contribution >= 0.6 is 21.6 Å². The number of nitrogen functional groups attached to an aromatic ring is 2. The Balaban J connectivity index is 1.51. The monoisotopic (exact) mass is 334 g/mol. The zero-order chi connectivity index (χ0) is 15.6. The minimum Gasteiger partial charge on any atom is -0.397 e. The Hall–Kier alpha value is -1.66. The van der Waals surface area contributed by atoms with Crippen LogP contribution in [0.15, 0.2) is 48.5 Å². The van der Waals surface area contributed by atoms with E-state index < -0.39 is 0 Å². The number of rotatable bonds is 9. The summed E-state index contributed by atoms with van der Waals surface area (Å²) in [5.41, 5.74) is 15.4. The lowest BCUT2D eigenvalue weighted by molar-refractivity contribution is 1.23. The Morgan fingerprint density at radius 3 is 1.50 bits per heavy atom. The Morgan fingerprint density at radius 1 is 0.682 bits per heavy atom. The molecule has 0 saturated carbocycles. The van der Waals surface area contributed by atoms with Crippen molar-refractivity contribution in [3.05, 3.63) is 48.5 Å². The van der Waals surface area contributed by atoms with Crippen LogP contribution in [0.4, 0.5) is 22.7 Å². The quantitative estimate of drug-likeness (QED) is 0.318. The van der Waals surface area contributed by atoms with E-state index in [9.17, 15) is 0 Å². The number of nitrogens with two attached hydrogens (primary N) is 2. The Kier molecular flexibility index (Phi) is 7.12. The standard InChI is InChI=1S/C16H22N4S2/c17-13-5-1-3-7-15(13)19-9-11-21-22-12-10-20-16-8-4-2-6-14(16)18/h1-8,19-20H,9-12,17-18H2. The van der Waals surface area contributed by atoms with E-state index in [1.165, 1.54) is 0 Å². The van der Waals surface area contributed by atoms with Gasteiger partial charge >= 0.3 is 0 Å². The minimum atomic E-state index is 0.796. The van der Waals surface area contributed by atoms with Crippen LogP contribution in [0.25, 0.3) is 0 Å². The summed E-state index contributed by atoms with van der Waals surface area (Å²) in [7, 11) is 3.72. The highest BCUT2D eigenvalue weighted by Crippen LogP contribution is 2.22. The molecule has 0 atom stereocenters. The minimum absolute atomic E-state index is 0.796. The first-order valence-corrected chi connectivity index (χ1v) is 9.67. The number of benzene rings is 2. The Labute approximate surface area is 139 Å². The van der Waals surface area contributed by atoms with Crippen LogP contribution < -0.4 is 22.1 Å². The van der Waals surface area contributed by atoms with Gasteiger partial charge in [-0.3, -0.25) is 0 Å². The molecule has 0 fully saturated rings. The maximum absolute atomic E-state index is 5.88. The second-order valence-corrected chi connectivity index (χ2v) is 7.37. The van der Waals surface area contributed by atoms with Gasteiger partial charge in [0.1, 0.15) is 0 Å². The van der Waals surface area contributed by atoms with E-state index in [1.54, 1.807) is 0 Å². The SMILES string of the molecule is Nc1ccccc1NCCSSCCNc1ccccc1N. The van der Waals surface area contributed by atoms with Gasteiger partial charge in [-0.1, -0.05) is 45.9 Å². The highest BCUT2D eigenvalue weighted by molar-refractivity contribution is 8.76. The summed E-state index contributed by atoms with van der Waals surface area (Å²) >= 11 is 0. The van der Waals surface area contributed by atoms with Crippen molar-refractivity contribution in [1.82, 2.24) is 0 Å². The summed E-state index contributed by atoms with van der Waals surface area (Å²) in [5, 5.41) is 6.69. The molecule has 0 saturated heterocycles. The lowest BCUT2D eigenvalue weighted by Crippen LogP contribution is -2.07. The molecule has 118 valence electrons. The highest BCUT2D eigenvalue weighted by atomic mass is 33.1. The second kappa shape index (κ2) is 9.38. The molecule has 6 N–H and O–H groups in total. The smallest absolute Gasteiger partial charge is 0.0574 e. The van der Waals surface area contributed by atoms with Crippen LogP contribution in [0.3, 0.4) is 0 Å². The van der Waals surface area contributed by atoms with Crippen molar-refractivity contribution in [2.45, 2.75) is 0 Å². The topological polar surface area (TPSA) is 76.1 Å². The zero-order valence-corrected chi connectivity index (χ0v) is 14.1. The summed E-state index contributed by atoms with van der Waals surface area (Å²) < 4.78 is 0. The molecule has 6 heteroatoms. The summed E-state index contributed by atoms with van der Waals surface area (Å²) in [6.07, 6.45) is 0. The normalized spacial score (nSPS) is 10.4. The van der Waals surface area contributed by atoms with Gasteiger partial charge in [0.15, 0.2) is 0 Å². The summed E-state index contributed by atoms with van der Waals surface area (Å²) in [6.45, 7) is 1.82. The van der Waals surface area contributed by atoms with Crippen molar-refractivity contribution < 1.29 is 0 Å². The van der Waals surface area contributed by atoms with Gasteiger partial charge in [-0.25, -0.2) is 0 Å².